The lowest BCUT2D eigenvalue weighted by atomic mass is 10.2. The summed E-state index contributed by atoms with van der Waals surface area (Å²) in [5, 5.41) is 1.23. The molecule has 66 valence electrons. The molecular weight excluding hydrogens is 209 g/mol. The van der Waals surface area contributed by atoms with Crippen molar-refractivity contribution in [3.8, 4) is 0 Å². The van der Waals surface area contributed by atoms with Gasteiger partial charge in [0.05, 0.1) is 5.39 Å². The third-order valence-electron chi connectivity index (χ3n) is 1.73. The molecule has 0 saturated carbocycles. The van der Waals surface area contributed by atoms with Gasteiger partial charge < -0.3 is 0 Å². The third-order valence-corrected chi connectivity index (χ3v) is 2.18. The lowest BCUT2D eigenvalue weighted by molar-refractivity contribution is 1.17. The van der Waals surface area contributed by atoms with Crippen LogP contribution in [-0.2, 0) is 0 Å². The Bertz CT molecular complexity index is 470. The van der Waals surface area contributed by atoms with Crippen LogP contribution >= 0.6 is 23.2 Å². The van der Waals surface area contributed by atoms with E-state index >= 15 is 0 Å². The predicted molar refractivity (Wildman–Crippen MR) is 52.1 cm³/mol. The van der Waals surface area contributed by atoms with Crippen molar-refractivity contribution in [3.05, 3.63) is 28.3 Å². The van der Waals surface area contributed by atoms with Crippen molar-refractivity contribution in [2.45, 2.75) is 6.92 Å². The minimum atomic E-state index is 0.121. The number of aromatic nitrogens is 3. The second-order valence-electron chi connectivity index (χ2n) is 2.61. The Balaban J connectivity index is 2.94. The Kier molecular flexibility index (Phi) is 2.06. The minimum Gasteiger partial charge on any atom is -0.236 e. The smallest absolute Gasteiger partial charge is 0.225 e. The first-order valence-corrected chi connectivity index (χ1v) is 4.38. The molecule has 0 atom stereocenters. The van der Waals surface area contributed by atoms with E-state index in [1.54, 1.807) is 6.20 Å². The molecule has 2 rings (SSSR count). The standard InChI is InChI=1S/C8H5Cl2N3/c1-4-2-3-11-7-5(4)6(9)12-8(10)13-7/h2-3H,1H3. The number of fused-ring (bicyclic) bond motifs is 1. The number of rotatable bonds is 0. The lowest BCUT2D eigenvalue weighted by Crippen LogP contribution is -1.91. The van der Waals surface area contributed by atoms with Crippen LogP contribution in [0.5, 0.6) is 0 Å². The van der Waals surface area contributed by atoms with Crippen molar-refractivity contribution in [1.82, 2.24) is 15.0 Å². The summed E-state index contributed by atoms with van der Waals surface area (Å²) in [5.74, 6) is 0. The third kappa shape index (κ3) is 1.45. The fourth-order valence-electron chi connectivity index (χ4n) is 1.13. The van der Waals surface area contributed by atoms with Gasteiger partial charge in [0, 0.05) is 6.20 Å². The highest BCUT2D eigenvalue weighted by molar-refractivity contribution is 6.35. The molecule has 0 bridgehead atoms. The number of nitrogens with zero attached hydrogens (tertiary/aromatic N) is 3. The average molecular weight is 214 g/mol. The fourth-order valence-corrected chi connectivity index (χ4v) is 1.65. The summed E-state index contributed by atoms with van der Waals surface area (Å²) in [6.07, 6.45) is 1.66. The monoisotopic (exact) mass is 213 g/mol. The van der Waals surface area contributed by atoms with Crippen molar-refractivity contribution >= 4 is 34.2 Å². The van der Waals surface area contributed by atoms with Crippen LogP contribution in [0.4, 0.5) is 0 Å². The van der Waals surface area contributed by atoms with Crippen molar-refractivity contribution in [2.24, 2.45) is 0 Å². The molecule has 0 aliphatic heterocycles. The van der Waals surface area contributed by atoms with Gasteiger partial charge in [-0.15, -0.1) is 0 Å². The van der Waals surface area contributed by atoms with Gasteiger partial charge in [-0.05, 0) is 30.2 Å². The van der Waals surface area contributed by atoms with Gasteiger partial charge in [0.2, 0.25) is 5.28 Å². The first kappa shape index (κ1) is 8.66. The largest absolute Gasteiger partial charge is 0.236 e. The molecular formula is C8H5Cl2N3. The number of aryl methyl sites for hydroxylation is 1. The molecule has 0 aromatic carbocycles. The van der Waals surface area contributed by atoms with E-state index < -0.39 is 0 Å². The zero-order chi connectivity index (χ0) is 9.42. The van der Waals surface area contributed by atoms with Gasteiger partial charge in [-0.2, -0.15) is 4.98 Å². The fraction of sp³-hybridized carbons (Fsp3) is 0.125. The van der Waals surface area contributed by atoms with E-state index in [-0.39, 0.29) is 5.28 Å². The summed E-state index contributed by atoms with van der Waals surface area (Å²) in [4.78, 5) is 11.8. The molecule has 5 heteroatoms. The highest BCUT2D eigenvalue weighted by atomic mass is 35.5. The van der Waals surface area contributed by atoms with Crippen LogP contribution in [0.3, 0.4) is 0 Å². The molecule has 0 aliphatic carbocycles. The molecule has 13 heavy (non-hydrogen) atoms. The van der Waals surface area contributed by atoms with Crippen LogP contribution in [0.1, 0.15) is 5.56 Å². The molecule has 0 radical (unpaired) electrons. The molecule has 2 aromatic rings. The average Bonchev–Trinajstić information content (AvgIpc) is 2.02. The van der Waals surface area contributed by atoms with Gasteiger partial charge in [0.25, 0.3) is 0 Å². The molecule has 0 amide bonds. The van der Waals surface area contributed by atoms with E-state index in [4.69, 9.17) is 23.2 Å². The molecule has 0 aliphatic rings. The van der Waals surface area contributed by atoms with E-state index in [0.29, 0.717) is 10.8 Å². The SMILES string of the molecule is Cc1ccnc2nc(Cl)nc(Cl)c12. The van der Waals surface area contributed by atoms with Crippen molar-refractivity contribution in [3.63, 3.8) is 0 Å². The number of halogens is 2. The Morgan fingerprint density at radius 3 is 2.77 bits per heavy atom. The van der Waals surface area contributed by atoms with Crippen LogP contribution in [-0.4, -0.2) is 15.0 Å². The first-order valence-electron chi connectivity index (χ1n) is 3.63. The summed E-state index contributed by atoms with van der Waals surface area (Å²) in [6.45, 7) is 1.92. The topological polar surface area (TPSA) is 38.7 Å². The summed E-state index contributed by atoms with van der Waals surface area (Å²) in [5.41, 5.74) is 1.52. The Labute approximate surface area is 84.7 Å². The summed E-state index contributed by atoms with van der Waals surface area (Å²) < 4.78 is 0. The van der Waals surface area contributed by atoms with Crippen molar-refractivity contribution in [2.75, 3.05) is 0 Å². The number of pyridine rings is 1. The lowest BCUT2D eigenvalue weighted by Gasteiger charge is -2.01. The highest BCUT2D eigenvalue weighted by Crippen LogP contribution is 2.23. The second kappa shape index (κ2) is 3.09. The van der Waals surface area contributed by atoms with Gasteiger partial charge in [-0.1, -0.05) is 11.6 Å². The summed E-state index contributed by atoms with van der Waals surface area (Å²) >= 11 is 11.5. The van der Waals surface area contributed by atoms with Crippen molar-refractivity contribution in [1.29, 1.82) is 0 Å². The van der Waals surface area contributed by atoms with Gasteiger partial charge in [-0.25, -0.2) is 9.97 Å². The Morgan fingerprint density at radius 1 is 1.23 bits per heavy atom. The Morgan fingerprint density at radius 2 is 2.00 bits per heavy atom. The zero-order valence-electron chi connectivity index (χ0n) is 6.75. The van der Waals surface area contributed by atoms with Crippen LogP contribution in [0.25, 0.3) is 11.0 Å². The maximum atomic E-state index is 5.89. The maximum Gasteiger partial charge on any atom is 0.225 e. The zero-order valence-corrected chi connectivity index (χ0v) is 8.26. The van der Waals surface area contributed by atoms with Crippen LogP contribution in [0.15, 0.2) is 12.3 Å². The van der Waals surface area contributed by atoms with E-state index in [1.165, 1.54) is 0 Å². The highest BCUT2D eigenvalue weighted by Gasteiger charge is 2.07. The Hall–Kier alpha value is -0.930. The molecule has 2 aromatic heterocycles. The quantitative estimate of drug-likeness (QED) is 0.499. The minimum absolute atomic E-state index is 0.121. The van der Waals surface area contributed by atoms with Gasteiger partial charge in [-0.3, -0.25) is 0 Å². The predicted octanol–water partition coefficient (Wildman–Crippen LogP) is 2.64. The molecule has 0 spiro atoms. The molecule has 0 N–H and O–H groups in total. The van der Waals surface area contributed by atoms with Crippen LogP contribution in [0.2, 0.25) is 10.4 Å². The van der Waals surface area contributed by atoms with Gasteiger partial charge in [0.15, 0.2) is 5.65 Å². The molecule has 0 fully saturated rings. The normalized spacial score (nSPS) is 10.7. The second-order valence-corrected chi connectivity index (χ2v) is 3.31. The van der Waals surface area contributed by atoms with Gasteiger partial charge in [0.1, 0.15) is 5.15 Å². The molecule has 3 nitrogen and oxygen atoms in total. The van der Waals surface area contributed by atoms with E-state index in [9.17, 15) is 0 Å². The van der Waals surface area contributed by atoms with Crippen molar-refractivity contribution < 1.29 is 0 Å². The van der Waals surface area contributed by atoms with Crippen LogP contribution < -0.4 is 0 Å². The molecule has 0 unspecified atom stereocenters. The molecule has 0 saturated heterocycles. The van der Waals surface area contributed by atoms with Gasteiger partial charge >= 0.3 is 0 Å². The molecule has 2 heterocycles. The summed E-state index contributed by atoms with van der Waals surface area (Å²) in [6, 6.07) is 1.85. The number of hydrogen-bond donors (Lipinski definition) is 0. The summed E-state index contributed by atoms with van der Waals surface area (Å²) in [7, 11) is 0. The van der Waals surface area contributed by atoms with E-state index in [1.807, 2.05) is 13.0 Å². The van der Waals surface area contributed by atoms with E-state index in [2.05, 4.69) is 15.0 Å². The van der Waals surface area contributed by atoms with Crippen LogP contribution in [0, 0.1) is 6.92 Å². The van der Waals surface area contributed by atoms with E-state index in [0.717, 1.165) is 10.9 Å². The maximum absolute atomic E-state index is 5.89. The first-order chi connectivity index (χ1) is 6.18. The number of hydrogen-bond acceptors (Lipinski definition) is 3.